The van der Waals surface area contributed by atoms with Gasteiger partial charge in [0.05, 0.1) is 0 Å². The van der Waals surface area contributed by atoms with Gasteiger partial charge in [-0.25, -0.2) is 0 Å². The minimum atomic E-state index is -0.0820. The van der Waals surface area contributed by atoms with E-state index in [0.717, 1.165) is 0 Å². The van der Waals surface area contributed by atoms with Crippen LogP contribution in [-0.4, -0.2) is 43.0 Å². The zero-order valence-electron chi connectivity index (χ0n) is 12.6. The van der Waals surface area contributed by atoms with Gasteiger partial charge < -0.3 is 15.0 Å². The van der Waals surface area contributed by atoms with Crippen LogP contribution >= 0.6 is 0 Å². The third kappa shape index (κ3) is 4.48. The Bertz CT molecular complexity index is 514. The van der Waals surface area contributed by atoms with E-state index < -0.39 is 0 Å². The highest BCUT2D eigenvalue weighted by atomic mass is 16.5. The van der Waals surface area contributed by atoms with Crippen LogP contribution in [0.25, 0.3) is 0 Å². The molecular weight excluding hydrogens is 268 g/mol. The zero-order chi connectivity index (χ0) is 15.2. The van der Waals surface area contributed by atoms with E-state index in [1.807, 2.05) is 24.3 Å². The van der Waals surface area contributed by atoms with Crippen molar-refractivity contribution in [1.82, 2.24) is 10.2 Å². The Hall–Kier alpha value is -2.04. The maximum atomic E-state index is 12.1. The fraction of sp³-hybridized carbons (Fsp3) is 0.500. The minimum absolute atomic E-state index is 0.00384. The maximum Gasteiger partial charge on any atom is 0.260 e. The average Bonchev–Trinajstić information content (AvgIpc) is 2.70. The van der Waals surface area contributed by atoms with E-state index in [0.29, 0.717) is 37.7 Å². The van der Waals surface area contributed by atoms with Gasteiger partial charge in [0, 0.05) is 26.1 Å². The van der Waals surface area contributed by atoms with Crippen LogP contribution < -0.4 is 10.1 Å². The lowest BCUT2D eigenvalue weighted by Gasteiger charge is -2.19. The number of amides is 2. The number of rotatable bonds is 4. The second kappa shape index (κ2) is 7.11. The van der Waals surface area contributed by atoms with E-state index in [4.69, 9.17) is 4.74 Å². The fourth-order valence-corrected chi connectivity index (χ4v) is 2.22. The van der Waals surface area contributed by atoms with Gasteiger partial charge in [0.1, 0.15) is 5.75 Å². The van der Waals surface area contributed by atoms with Gasteiger partial charge in [-0.1, -0.05) is 26.0 Å². The SMILES string of the molecule is CC(C)c1cccc(OCC(=O)N2CCNC(=O)CC2)c1. The molecule has 1 aromatic carbocycles. The van der Waals surface area contributed by atoms with Crippen molar-refractivity contribution in [3.05, 3.63) is 29.8 Å². The number of hydrogen-bond donors (Lipinski definition) is 1. The van der Waals surface area contributed by atoms with E-state index in [2.05, 4.69) is 19.2 Å². The van der Waals surface area contributed by atoms with Crippen molar-refractivity contribution in [1.29, 1.82) is 0 Å². The van der Waals surface area contributed by atoms with Crippen LogP contribution in [0.15, 0.2) is 24.3 Å². The number of ether oxygens (including phenoxy) is 1. The van der Waals surface area contributed by atoms with E-state index in [1.54, 1.807) is 4.90 Å². The fourth-order valence-electron chi connectivity index (χ4n) is 2.22. The molecule has 5 nitrogen and oxygen atoms in total. The summed E-state index contributed by atoms with van der Waals surface area (Å²) >= 11 is 0. The smallest absolute Gasteiger partial charge is 0.260 e. The van der Waals surface area contributed by atoms with E-state index in [-0.39, 0.29) is 18.4 Å². The third-order valence-corrected chi connectivity index (χ3v) is 3.55. The normalized spacial score (nSPS) is 15.6. The Morgan fingerprint density at radius 1 is 1.38 bits per heavy atom. The molecule has 1 saturated heterocycles. The predicted molar refractivity (Wildman–Crippen MR) is 80.2 cm³/mol. The van der Waals surface area contributed by atoms with E-state index >= 15 is 0 Å². The highest BCUT2D eigenvalue weighted by Crippen LogP contribution is 2.20. The molecule has 1 aliphatic rings. The number of nitrogens with zero attached hydrogens (tertiary/aromatic N) is 1. The lowest BCUT2D eigenvalue weighted by molar-refractivity contribution is -0.133. The first-order valence-electron chi connectivity index (χ1n) is 7.33. The molecule has 1 heterocycles. The van der Waals surface area contributed by atoms with Gasteiger partial charge >= 0.3 is 0 Å². The summed E-state index contributed by atoms with van der Waals surface area (Å²) in [5, 5.41) is 2.75. The van der Waals surface area contributed by atoms with Gasteiger partial charge in [-0.15, -0.1) is 0 Å². The quantitative estimate of drug-likeness (QED) is 0.915. The molecule has 1 fully saturated rings. The van der Waals surface area contributed by atoms with E-state index in [1.165, 1.54) is 5.56 Å². The summed E-state index contributed by atoms with van der Waals surface area (Å²) in [6.07, 6.45) is 0.356. The highest BCUT2D eigenvalue weighted by molar-refractivity contribution is 5.80. The standard InChI is InChI=1S/C16H22N2O3/c1-12(2)13-4-3-5-14(10-13)21-11-16(20)18-8-6-15(19)17-7-9-18/h3-5,10,12H,6-9,11H2,1-2H3,(H,17,19). The lowest BCUT2D eigenvalue weighted by Crippen LogP contribution is -2.37. The Kier molecular flexibility index (Phi) is 5.20. The molecule has 1 N–H and O–H groups in total. The van der Waals surface area contributed by atoms with E-state index in [9.17, 15) is 9.59 Å². The second-order valence-electron chi connectivity index (χ2n) is 5.50. The monoisotopic (exact) mass is 290 g/mol. The minimum Gasteiger partial charge on any atom is -0.484 e. The second-order valence-corrected chi connectivity index (χ2v) is 5.50. The number of benzene rings is 1. The van der Waals surface area contributed by atoms with Crippen molar-refractivity contribution in [2.45, 2.75) is 26.2 Å². The van der Waals surface area contributed by atoms with Crippen molar-refractivity contribution in [2.24, 2.45) is 0 Å². The first kappa shape index (κ1) is 15.4. The molecule has 0 saturated carbocycles. The summed E-state index contributed by atoms with van der Waals surface area (Å²) in [5.74, 6) is 1.04. The number of carbonyl (C=O) groups excluding carboxylic acids is 2. The van der Waals surface area contributed by atoms with Crippen LogP contribution in [0.4, 0.5) is 0 Å². The molecular formula is C16H22N2O3. The lowest BCUT2D eigenvalue weighted by atomic mass is 10.0. The summed E-state index contributed by atoms with van der Waals surface area (Å²) in [5.41, 5.74) is 1.18. The molecule has 0 unspecified atom stereocenters. The van der Waals surface area contributed by atoms with Gasteiger partial charge in [-0.2, -0.15) is 0 Å². The van der Waals surface area contributed by atoms with Crippen LogP contribution in [-0.2, 0) is 9.59 Å². The van der Waals surface area contributed by atoms with Gasteiger partial charge in [-0.05, 0) is 23.6 Å². The Labute approximate surface area is 125 Å². The molecule has 1 aliphatic heterocycles. The topological polar surface area (TPSA) is 58.6 Å². The molecule has 1 aromatic rings. The molecule has 0 bridgehead atoms. The summed E-state index contributed by atoms with van der Waals surface area (Å²) in [4.78, 5) is 25.0. The van der Waals surface area contributed by atoms with Gasteiger partial charge in [0.2, 0.25) is 5.91 Å². The van der Waals surface area contributed by atoms with Gasteiger partial charge in [0.25, 0.3) is 5.91 Å². The molecule has 21 heavy (non-hydrogen) atoms. The molecule has 5 heteroatoms. The summed E-state index contributed by atoms with van der Waals surface area (Å²) in [6.45, 7) is 5.75. The summed E-state index contributed by atoms with van der Waals surface area (Å²) < 4.78 is 5.58. The summed E-state index contributed by atoms with van der Waals surface area (Å²) in [7, 11) is 0. The molecule has 0 spiro atoms. The van der Waals surface area contributed by atoms with Crippen LogP contribution in [0.3, 0.4) is 0 Å². The molecule has 2 rings (SSSR count). The zero-order valence-corrected chi connectivity index (χ0v) is 12.6. The summed E-state index contributed by atoms with van der Waals surface area (Å²) in [6, 6.07) is 7.80. The highest BCUT2D eigenvalue weighted by Gasteiger charge is 2.18. The molecule has 0 aromatic heterocycles. The maximum absolute atomic E-state index is 12.1. The third-order valence-electron chi connectivity index (χ3n) is 3.55. The van der Waals surface area contributed by atoms with Gasteiger partial charge in [-0.3, -0.25) is 9.59 Å². The van der Waals surface area contributed by atoms with Crippen LogP contribution in [0.5, 0.6) is 5.75 Å². The number of nitrogens with one attached hydrogen (secondary N) is 1. The number of hydrogen-bond acceptors (Lipinski definition) is 3. The van der Waals surface area contributed by atoms with Crippen LogP contribution in [0.2, 0.25) is 0 Å². The molecule has 0 radical (unpaired) electrons. The molecule has 114 valence electrons. The first-order valence-corrected chi connectivity index (χ1v) is 7.33. The first-order chi connectivity index (χ1) is 10.1. The molecule has 0 aliphatic carbocycles. The predicted octanol–water partition coefficient (Wildman–Crippen LogP) is 1.54. The molecule has 0 atom stereocenters. The largest absolute Gasteiger partial charge is 0.484 e. The van der Waals surface area contributed by atoms with Crippen LogP contribution in [0.1, 0.15) is 31.7 Å². The van der Waals surface area contributed by atoms with Crippen molar-refractivity contribution < 1.29 is 14.3 Å². The molecule has 2 amide bonds. The van der Waals surface area contributed by atoms with Crippen molar-refractivity contribution >= 4 is 11.8 Å². The van der Waals surface area contributed by atoms with Crippen LogP contribution in [0, 0.1) is 0 Å². The average molecular weight is 290 g/mol. The Morgan fingerprint density at radius 2 is 2.19 bits per heavy atom. The van der Waals surface area contributed by atoms with Crippen molar-refractivity contribution in [2.75, 3.05) is 26.2 Å². The number of carbonyl (C=O) groups is 2. The Balaban J connectivity index is 1.88. The Morgan fingerprint density at radius 3 is 2.95 bits per heavy atom. The van der Waals surface area contributed by atoms with Crippen molar-refractivity contribution in [3.8, 4) is 5.75 Å². The van der Waals surface area contributed by atoms with Crippen molar-refractivity contribution in [3.63, 3.8) is 0 Å². The van der Waals surface area contributed by atoms with Gasteiger partial charge in [0.15, 0.2) is 6.61 Å².